The number of hydrogen-bond acceptors (Lipinski definition) is 4. The van der Waals surface area contributed by atoms with Gasteiger partial charge in [-0.2, -0.15) is 0 Å². The van der Waals surface area contributed by atoms with Crippen molar-refractivity contribution in [2.45, 2.75) is 25.7 Å². The number of carbonyl (C=O) groups is 1. The summed E-state index contributed by atoms with van der Waals surface area (Å²) in [6, 6.07) is 5.77. The normalized spacial score (nSPS) is 16.6. The summed E-state index contributed by atoms with van der Waals surface area (Å²) in [5.41, 5.74) is -0.385. The van der Waals surface area contributed by atoms with E-state index in [2.05, 4.69) is 15.4 Å². The Hall–Kier alpha value is -1.51. The molecule has 0 atom stereocenters. The number of alkyl halides is 3. The highest BCUT2D eigenvalue weighted by atomic mass is 35.5. The molecule has 0 unspecified atom stereocenters. The number of piperidine rings is 1. The van der Waals surface area contributed by atoms with Gasteiger partial charge in [0.1, 0.15) is 5.75 Å². The van der Waals surface area contributed by atoms with Crippen LogP contribution in [0.3, 0.4) is 0 Å². The number of para-hydroxylation sites is 1. The van der Waals surface area contributed by atoms with Gasteiger partial charge in [-0.05, 0) is 32.0 Å². The van der Waals surface area contributed by atoms with E-state index in [4.69, 9.17) is 4.74 Å². The van der Waals surface area contributed by atoms with Gasteiger partial charge in [0, 0.05) is 19.2 Å². The molecule has 0 spiro atoms. The van der Waals surface area contributed by atoms with E-state index in [9.17, 15) is 18.0 Å². The average Bonchev–Trinajstić information content (AvgIpc) is 2.53. The zero-order chi connectivity index (χ0) is 17.6. The van der Waals surface area contributed by atoms with Gasteiger partial charge in [0.05, 0.1) is 12.0 Å². The number of nitrogens with one attached hydrogen (secondary N) is 2. The summed E-state index contributed by atoms with van der Waals surface area (Å²) < 4.78 is 46.5. The molecule has 25 heavy (non-hydrogen) atoms. The van der Waals surface area contributed by atoms with Gasteiger partial charge in [-0.1, -0.05) is 18.2 Å². The van der Waals surface area contributed by atoms with Crippen molar-refractivity contribution in [3.63, 3.8) is 0 Å². The van der Waals surface area contributed by atoms with Crippen molar-refractivity contribution in [3.8, 4) is 5.75 Å². The second-order valence-corrected chi connectivity index (χ2v) is 5.80. The predicted molar refractivity (Wildman–Crippen MR) is 88.6 cm³/mol. The zero-order valence-corrected chi connectivity index (χ0v) is 14.6. The molecule has 1 amide bonds. The molecule has 1 heterocycles. The quantitative estimate of drug-likeness (QED) is 0.794. The second kappa shape index (κ2) is 9.26. The van der Waals surface area contributed by atoms with Crippen molar-refractivity contribution in [2.75, 3.05) is 26.8 Å². The fourth-order valence-corrected chi connectivity index (χ4v) is 2.86. The highest BCUT2D eigenvalue weighted by Gasteiger charge is 2.39. The van der Waals surface area contributed by atoms with E-state index in [-0.39, 0.29) is 42.8 Å². The molecule has 0 saturated carbocycles. The van der Waals surface area contributed by atoms with E-state index in [0.717, 1.165) is 0 Å². The Morgan fingerprint density at radius 3 is 2.52 bits per heavy atom. The zero-order valence-electron chi connectivity index (χ0n) is 13.8. The summed E-state index contributed by atoms with van der Waals surface area (Å²) in [6.07, 6.45) is -3.53. The third-order valence-corrected chi connectivity index (χ3v) is 4.10. The van der Waals surface area contributed by atoms with E-state index in [1.807, 2.05) is 0 Å². The fourth-order valence-electron chi connectivity index (χ4n) is 2.86. The number of carbonyl (C=O) groups excluding carboxylic acids is 1. The summed E-state index contributed by atoms with van der Waals surface area (Å²) in [5.74, 6) is -0.524. The third kappa shape index (κ3) is 6.05. The molecule has 1 aromatic rings. The van der Waals surface area contributed by atoms with Crippen LogP contribution in [0.4, 0.5) is 13.2 Å². The minimum atomic E-state index is -4.77. The first-order valence-electron chi connectivity index (χ1n) is 7.68. The lowest BCUT2D eigenvalue weighted by atomic mass is 9.78. The first-order valence-corrected chi connectivity index (χ1v) is 7.68. The summed E-state index contributed by atoms with van der Waals surface area (Å²) in [4.78, 5) is 12.6. The van der Waals surface area contributed by atoms with E-state index in [1.54, 1.807) is 6.07 Å². The topological polar surface area (TPSA) is 59.6 Å². The Balaban J connectivity index is 0.00000312. The van der Waals surface area contributed by atoms with Crippen LogP contribution < -0.4 is 15.4 Å². The maximum Gasteiger partial charge on any atom is 0.573 e. The summed E-state index contributed by atoms with van der Waals surface area (Å²) in [6.45, 7) is 1.64. The van der Waals surface area contributed by atoms with Crippen LogP contribution in [0, 0.1) is 5.41 Å². The Morgan fingerprint density at radius 1 is 1.28 bits per heavy atom. The van der Waals surface area contributed by atoms with Crippen LogP contribution in [0.5, 0.6) is 5.75 Å². The van der Waals surface area contributed by atoms with Crippen molar-refractivity contribution in [2.24, 2.45) is 5.41 Å². The van der Waals surface area contributed by atoms with Gasteiger partial charge < -0.3 is 20.1 Å². The van der Waals surface area contributed by atoms with Crippen LogP contribution in [0.1, 0.15) is 18.4 Å². The number of amides is 1. The van der Waals surface area contributed by atoms with E-state index >= 15 is 0 Å². The van der Waals surface area contributed by atoms with Gasteiger partial charge in [0.15, 0.2) is 0 Å². The molecule has 0 aliphatic carbocycles. The summed E-state index contributed by atoms with van der Waals surface area (Å²) in [7, 11) is 1.53. The second-order valence-electron chi connectivity index (χ2n) is 5.80. The van der Waals surface area contributed by atoms with Crippen LogP contribution in [-0.4, -0.2) is 39.1 Å². The smallest absolute Gasteiger partial charge is 0.405 e. The third-order valence-electron chi connectivity index (χ3n) is 4.10. The highest BCUT2D eigenvalue weighted by molar-refractivity contribution is 5.85. The van der Waals surface area contributed by atoms with Gasteiger partial charge >= 0.3 is 6.36 Å². The molecule has 142 valence electrons. The molecule has 9 heteroatoms. The van der Waals surface area contributed by atoms with Crippen LogP contribution in [0.25, 0.3) is 0 Å². The monoisotopic (exact) mass is 382 g/mol. The molecule has 0 aromatic heterocycles. The van der Waals surface area contributed by atoms with Crippen LogP contribution >= 0.6 is 12.4 Å². The molecule has 2 N–H and O–H groups in total. The molecule has 1 saturated heterocycles. The summed E-state index contributed by atoms with van der Waals surface area (Å²) >= 11 is 0. The Labute approximate surface area is 150 Å². The Kier molecular flexibility index (Phi) is 7.98. The fraction of sp³-hybridized carbons (Fsp3) is 0.562. The van der Waals surface area contributed by atoms with Crippen molar-refractivity contribution < 1.29 is 27.4 Å². The van der Waals surface area contributed by atoms with Crippen LogP contribution in [-0.2, 0) is 16.1 Å². The number of halogens is 4. The van der Waals surface area contributed by atoms with Gasteiger partial charge in [-0.3, -0.25) is 4.79 Å². The molecule has 1 aromatic carbocycles. The van der Waals surface area contributed by atoms with E-state index < -0.39 is 11.8 Å². The Morgan fingerprint density at radius 2 is 1.92 bits per heavy atom. The van der Waals surface area contributed by atoms with Crippen molar-refractivity contribution in [3.05, 3.63) is 29.8 Å². The molecule has 0 radical (unpaired) electrons. The maximum absolute atomic E-state index is 12.6. The lowest BCUT2D eigenvalue weighted by molar-refractivity contribution is -0.274. The summed E-state index contributed by atoms with van der Waals surface area (Å²) in [5, 5.41) is 5.91. The van der Waals surface area contributed by atoms with E-state index in [0.29, 0.717) is 25.9 Å². The van der Waals surface area contributed by atoms with Gasteiger partial charge in [0.2, 0.25) is 5.91 Å². The number of methoxy groups -OCH3 is 1. The number of rotatable bonds is 6. The number of ether oxygens (including phenoxy) is 2. The van der Waals surface area contributed by atoms with Crippen LogP contribution in [0.15, 0.2) is 24.3 Å². The van der Waals surface area contributed by atoms with E-state index in [1.165, 1.54) is 25.3 Å². The number of benzene rings is 1. The molecule has 2 rings (SSSR count). The lowest BCUT2D eigenvalue weighted by Gasteiger charge is -2.35. The van der Waals surface area contributed by atoms with Crippen LogP contribution in [0.2, 0.25) is 0 Å². The number of hydrogen-bond donors (Lipinski definition) is 2. The lowest BCUT2D eigenvalue weighted by Crippen LogP contribution is -2.50. The first kappa shape index (κ1) is 21.5. The minimum Gasteiger partial charge on any atom is -0.405 e. The first-order chi connectivity index (χ1) is 11.4. The molecule has 0 bridgehead atoms. The average molecular weight is 383 g/mol. The maximum atomic E-state index is 12.6. The largest absolute Gasteiger partial charge is 0.573 e. The highest BCUT2D eigenvalue weighted by Crippen LogP contribution is 2.30. The standard InChI is InChI=1S/C16H21F3N2O3.ClH/c1-23-11-15(6-8-20-9-7-15)14(22)21-10-12-4-2-3-5-13(12)24-16(17,18)19;/h2-5,20H,6-11H2,1H3,(H,21,22);1H. The Bertz CT molecular complexity index is 558. The minimum absolute atomic E-state index is 0. The van der Waals surface area contributed by atoms with Gasteiger partial charge in [-0.25, -0.2) is 0 Å². The molecule has 1 aliphatic rings. The van der Waals surface area contributed by atoms with Gasteiger partial charge in [0.25, 0.3) is 0 Å². The molecular weight excluding hydrogens is 361 g/mol. The van der Waals surface area contributed by atoms with Gasteiger partial charge in [-0.15, -0.1) is 25.6 Å². The van der Waals surface area contributed by atoms with Crippen molar-refractivity contribution in [1.29, 1.82) is 0 Å². The van der Waals surface area contributed by atoms with Crippen molar-refractivity contribution in [1.82, 2.24) is 10.6 Å². The van der Waals surface area contributed by atoms with Crippen molar-refractivity contribution >= 4 is 18.3 Å². The SMILES string of the molecule is COCC1(C(=O)NCc2ccccc2OC(F)(F)F)CCNCC1.Cl. The molecule has 5 nitrogen and oxygen atoms in total. The predicted octanol–water partition coefficient (Wildman–Crippen LogP) is 2.64. The molecule has 1 aliphatic heterocycles. The molecule has 1 fully saturated rings. The molecular formula is C16H22ClF3N2O3.